The van der Waals surface area contributed by atoms with Crippen molar-refractivity contribution >= 4 is 16.8 Å². The molecule has 0 unspecified atom stereocenters. The van der Waals surface area contributed by atoms with Crippen LogP contribution in [0.25, 0.3) is 10.9 Å². The number of benzene rings is 1. The van der Waals surface area contributed by atoms with E-state index in [2.05, 4.69) is 41.5 Å². The highest BCUT2D eigenvalue weighted by molar-refractivity contribution is 5.83. The average Bonchev–Trinajstić information content (AvgIpc) is 2.98. The highest BCUT2D eigenvalue weighted by Gasteiger charge is 2.07. The molecule has 23 heavy (non-hydrogen) atoms. The summed E-state index contributed by atoms with van der Waals surface area (Å²) in [7, 11) is 0. The van der Waals surface area contributed by atoms with Crippen LogP contribution >= 0.6 is 0 Å². The van der Waals surface area contributed by atoms with Gasteiger partial charge in [-0.3, -0.25) is 4.79 Å². The van der Waals surface area contributed by atoms with Gasteiger partial charge in [0.05, 0.1) is 6.42 Å². The third kappa shape index (κ3) is 3.97. The lowest BCUT2D eigenvalue weighted by Crippen LogP contribution is -2.36. The van der Waals surface area contributed by atoms with Crippen LogP contribution in [-0.2, 0) is 17.8 Å². The molecule has 0 fully saturated rings. The highest BCUT2D eigenvalue weighted by atomic mass is 16.1. The summed E-state index contributed by atoms with van der Waals surface area (Å²) in [6.45, 7) is 3.43. The molecule has 2 N–H and O–H groups in total. The van der Waals surface area contributed by atoms with Crippen LogP contribution in [0.15, 0.2) is 55.0 Å². The molecule has 4 heteroatoms. The summed E-state index contributed by atoms with van der Waals surface area (Å²) in [5, 5.41) is 4.23. The van der Waals surface area contributed by atoms with Gasteiger partial charge in [-0.25, -0.2) is 4.57 Å². The predicted molar refractivity (Wildman–Crippen MR) is 91.0 cm³/mol. The van der Waals surface area contributed by atoms with Gasteiger partial charge in [0, 0.05) is 35.8 Å². The van der Waals surface area contributed by atoms with Gasteiger partial charge in [-0.1, -0.05) is 18.2 Å². The fourth-order valence-electron chi connectivity index (χ4n) is 2.68. The van der Waals surface area contributed by atoms with Gasteiger partial charge in [-0.2, -0.15) is 0 Å². The van der Waals surface area contributed by atoms with Crippen LogP contribution in [0.3, 0.4) is 0 Å². The number of carbonyl (C=O) groups excluding carboxylic acids is 1. The van der Waals surface area contributed by atoms with Crippen LogP contribution in [0.1, 0.15) is 17.5 Å². The Bertz CT molecular complexity index is 790. The Labute approximate surface area is 136 Å². The number of aryl methyl sites for hydroxylation is 2. The number of hydrogen-bond donors (Lipinski definition) is 2. The second kappa shape index (κ2) is 7.09. The van der Waals surface area contributed by atoms with E-state index in [0.29, 0.717) is 19.5 Å². The average molecular weight is 308 g/mol. The van der Waals surface area contributed by atoms with E-state index >= 15 is 0 Å². The highest BCUT2D eigenvalue weighted by Crippen LogP contribution is 2.17. The smallest absolute Gasteiger partial charge is 0.226 e. The minimum atomic E-state index is 0.0953. The van der Waals surface area contributed by atoms with Crippen molar-refractivity contribution in [2.24, 2.45) is 0 Å². The van der Waals surface area contributed by atoms with Crippen LogP contribution in [0.5, 0.6) is 0 Å². The van der Waals surface area contributed by atoms with Gasteiger partial charge < -0.3 is 10.3 Å². The topological polar surface area (TPSA) is 48.8 Å². The van der Waals surface area contributed by atoms with E-state index in [1.165, 1.54) is 16.5 Å². The van der Waals surface area contributed by atoms with Crippen LogP contribution in [0.2, 0.25) is 0 Å². The van der Waals surface area contributed by atoms with E-state index in [1.54, 1.807) is 0 Å². The van der Waals surface area contributed by atoms with Crippen molar-refractivity contribution < 1.29 is 9.36 Å². The quantitative estimate of drug-likeness (QED) is 0.675. The van der Waals surface area contributed by atoms with E-state index in [9.17, 15) is 4.79 Å². The van der Waals surface area contributed by atoms with E-state index in [-0.39, 0.29) is 5.91 Å². The molecule has 1 amide bonds. The number of rotatable bonds is 6. The zero-order chi connectivity index (χ0) is 16.1. The summed E-state index contributed by atoms with van der Waals surface area (Å²) >= 11 is 0. The molecule has 0 radical (unpaired) electrons. The molecule has 0 saturated carbocycles. The zero-order valence-electron chi connectivity index (χ0n) is 13.4. The number of pyridine rings is 1. The van der Waals surface area contributed by atoms with Crippen molar-refractivity contribution in [2.75, 3.05) is 6.54 Å². The Morgan fingerprint density at radius 3 is 2.78 bits per heavy atom. The molecule has 118 valence electrons. The van der Waals surface area contributed by atoms with Gasteiger partial charge in [0.25, 0.3) is 0 Å². The first kappa shape index (κ1) is 15.3. The number of fused-ring (bicyclic) bond motifs is 1. The molecule has 4 nitrogen and oxygen atoms in total. The van der Waals surface area contributed by atoms with Crippen molar-refractivity contribution in [3.63, 3.8) is 0 Å². The van der Waals surface area contributed by atoms with Crippen LogP contribution in [0, 0.1) is 6.92 Å². The van der Waals surface area contributed by atoms with Gasteiger partial charge in [0.2, 0.25) is 5.91 Å². The molecule has 1 aromatic carbocycles. The molecular formula is C19H22N3O+. The third-order valence-electron chi connectivity index (χ3n) is 4.05. The van der Waals surface area contributed by atoms with Crippen molar-refractivity contribution in [2.45, 2.75) is 26.3 Å². The van der Waals surface area contributed by atoms with Gasteiger partial charge >= 0.3 is 0 Å². The number of para-hydroxylation sites is 1. The van der Waals surface area contributed by atoms with Crippen molar-refractivity contribution in [1.29, 1.82) is 0 Å². The molecule has 0 bridgehead atoms. The Hall–Kier alpha value is -2.62. The fourth-order valence-corrected chi connectivity index (χ4v) is 2.68. The Kier molecular flexibility index (Phi) is 4.71. The van der Waals surface area contributed by atoms with Gasteiger partial charge in [-0.15, -0.1) is 0 Å². The lowest BCUT2D eigenvalue weighted by molar-refractivity contribution is -0.695. The van der Waals surface area contributed by atoms with Crippen LogP contribution in [0.4, 0.5) is 0 Å². The van der Waals surface area contributed by atoms with Crippen molar-refractivity contribution in [3.8, 4) is 0 Å². The van der Waals surface area contributed by atoms with Gasteiger partial charge in [0.15, 0.2) is 18.9 Å². The monoisotopic (exact) mass is 308 g/mol. The number of nitrogens with zero attached hydrogens (tertiary/aromatic N) is 1. The summed E-state index contributed by atoms with van der Waals surface area (Å²) in [6, 6.07) is 12.3. The first-order chi connectivity index (χ1) is 11.2. The van der Waals surface area contributed by atoms with E-state index in [0.717, 1.165) is 11.9 Å². The molecule has 2 aromatic heterocycles. The van der Waals surface area contributed by atoms with Crippen molar-refractivity contribution in [1.82, 2.24) is 10.3 Å². The predicted octanol–water partition coefficient (Wildman–Crippen LogP) is 2.51. The molecular weight excluding hydrogens is 286 g/mol. The van der Waals surface area contributed by atoms with E-state index in [4.69, 9.17) is 0 Å². The molecule has 3 rings (SSSR count). The largest absolute Gasteiger partial charge is 0.361 e. The maximum atomic E-state index is 11.9. The number of aromatic amines is 1. The number of aromatic nitrogens is 2. The van der Waals surface area contributed by atoms with Crippen LogP contribution < -0.4 is 9.88 Å². The lowest BCUT2D eigenvalue weighted by atomic mass is 10.1. The molecule has 0 aliphatic heterocycles. The van der Waals surface area contributed by atoms with E-state index < -0.39 is 0 Å². The fraction of sp³-hybridized carbons (Fsp3) is 0.263. The van der Waals surface area contributed by atoms with Gasteiger partial charge in [0.1, 0.15) is 0 Å². The van der Waals surface area contributed by atoms with Gasteiger partial charge in [-0.05, 0) is 30.5 Å². The normalized spacial score (nSPS) is 10.8. The third-order valence-corrected chi connectivity index (χ3v) is 4.05. The summed E-state index contributed by atoms with van der Waals surface area (Å²) in [4.78, 5) is 15.2. The van der Waals surface area contributed by atoms with E-state index in [1.807, 2.05) is 35.3 Å². The summed E-state index contributed by atoms with van der Waals surface area (Å²) in [5.41, 5.74) is 3.61. The number of nitrogens with one attached hydrogen (secondary N) is 2. The maximum Gasteiger partial charge on any atom is 0.226 e. The summed E-state index contributed by atoms with van der Waals surface area (Å²) in [6.07, 6.45) is 7.39. The molecule has 0 atom stereocenters. The number of carbonyl (C=O) groups is 1. The SMILES string of the molecule is Cc1cc[n+](CCC(=O)NCCc2c[nH]c3ccccc23)cc1. The van der Waals surface area contributed by atoms with Crippen LogP contribution in [-0.4, -0.2) is 17.4 Å². The molecule has 2 heterocycles. The Balaban J connectivity index is 1.45. The first-order valence-corrected chi connectivity index (χ1v) is 8.00. The number of H-pyrrole nitrogens is 1. The molecule has 0 aliphatic carbocycles. The molecule has 0 saturated heterocycles. The second-order valence-corrected chi connectivity index (χ2v) is 5.82. The number of hydrogen-bond acceptors (Lipinski definition) is 1. The maximum absolute atomic E-state index is 11.9. The zero-order valence-corrected chi connectivity index (χ0v) is 13.4. The second-order valence-electron chi connectivity index (χ2n) is 5.82. The lowest BCUT2D eigenvalue weighted by Gasteiger charge is -2.04. The minimum Gasteiger partial charge on any atom is -0.361 e. The van der Waals surface area contributed by atoms with Crippen molar-refractivity contribution in [3.05, 3.63) is 66.1 Å². The Morgan fingerprint density at radius 2 is 1.96 bits per heavy atom. The molecule has 0 aliphatic rings. The number of amides is 1. The minimum absolute atomic E-state index is 0.0953. The Morgan fingerprint density at radius 1 is 1.17 bits per heavy atom. The first-order valence-electron chi connectivity index (χ1n) is 8.00. The molecule has 3 aromatic rings. The summed E-state index contributed by atoms with van der Waals surface area (Å²) < 4.78 is 2.03. The summed E-state index contributed by atoms with van der Waals surface area (Å²) in [5.74, 6) is 0.0953. The molecule has 0 spiro atoms. The standard InChI is InChI=1S/C19H21N3O/c1-15-7-11-22(12-8-15)13-9-19(23)20-10-6-16-14-21-18-5-3-2-4-17(16)18/h2-5,7-8,11-12,14,21H,6,9-10,13H2,1H3/p+1.